The van der Waals surface area contributed by atoms with Crippen LogP contribution >= 0.6 is 11.3 Å². The Hall–Kier alpha value is -2.92. The van der Waals surface area contributed by atoms with Crippen LogP contribution in [0.15, 0.2) is 72.6 Å². The molecule has 1 radical (unpaired) electrons. The molecule has 229 valence electrons. The minimum absolute atomic E-state index is 0. The van der Waals surface area contributed by atoms with Crippen LogP contribution in [0, 0.1) is 23.7 Å². The molecule has 5 rings (SSSR count). The van der Waals surface area contributed by atoms with E-state index in [-0.39, 0.29) is 49.3 Å². The molecule has 5 aromatic rings. The van der Waals surface area contributed by atoms with Gasteiger partial charge in [0.1, 0.15) is 5.82 Å². The molecule has 2 aromatic heterocycles. The minimum Gasteiger partial charge on any atom is -0.512 e. The molecule has 3 aromatic carbocycles. The van der Waals surface area contributed by atoms with Gasteiger partial charge in [-0.05, 0) is 49.1 Å². The Morgan fingerprint density at radius 1 is 0.907 bits per heavy atom. The van der Waals surface area contributed by atoms with Crippen LogP contribution < -0.4 is 0 Å². The Morgan fingerprint density at radius 3 is 2.19 bits per heavy atom. The number of hydrogen-bond acceptors (Lipinski definition) is 4. The van der Waals surface area contributed by atoms with E-state index in [2.05, 4.69) is 49.2 Å². The first-order valence-electron chi connectivity index (χ1n) is 15.1. The number of aliphatic hydroxyl groups is 1. The van der Waals surface area contributed by atoms with Gasteiger partial charge in [0.25, 0.3) is 0 Å². The van der Waals surface area contributed by atoms with Crippen molar-refractivity contribution in [3.63, 3.8) is 0 Å². The van der Waals surface area contributed by atoms with Crippen molar-refractivity contribution in [2.24, 2.45) is 11.8 Å². The van der Waals surface area contributed by atoms with Crippen LogP contribution in [0.2, 0.25) is 0 Å². The number of thiophene rings is 1. The number of aromatic nitrogens is 1. The Balaban J connectivity index is 0.000000274. The third kappa shape index (κ3) is 7.60. The van der Waals surface area contributed by atoms with E-state index in [0.29, 0.717) is 10.6 Å². The number of carbonyl (C=O) groups excluding carboxylic acids is 1. The van der Waals surface area contributed by atoms with Gasteiger partial charge < -0.3 is 5.11 Å². The molecule has 0 bridgehead atoms. The summed E-state index contributed by atoms with van der Waals surface area (Å²) in [5, 5.41) is 14.1. The second-order valence-corrected chi connectivity index (χ2v) is 12.1. The van der Waals surface area contributed by atoms with Crippen molar-refractivity contribution in [1.29, 1.82) is 0 Å². The van der Waals surface area contributed by atoms with E-state index in [9.17, 15) is 14.3 Å². The molecule has 0 unspecified atom stereocenters. The summed E-state index contributed by atoms with van der Waals surface area (Å²) in [6.45, 7) is 12.5. The van der Waals surface area contributed by atoms with Crippen LogP contribution in [0.3, 0.4) is 0 Å². The molecule has 0 fully saturated rings. The molecule has 1 N–H and O–H groups in total. The molecule has 0 aliphatic rings. The van der Waals surface area contributed by atoms with Crippen molar-refractivity contribution < 1.29 is 34.4 Å². The summed E-state index contributed by atoms with van der Waals surface area (Å²) in [5.41, 5.74) is 3.13. The fourth-order valence-corrected chi connectivity index (χ4v) is 6.73. The molecule has 0 saturated heterocycles. The van der Waals surface area contributed by atoms with E-state index in [1.54, 1.807) is 6.07 Å². The first-order valence-corrected chi connectivity index (χ1v) is 15.9. The number of halogens is 1. The number of nitrogens with zero attached hydrogens (tertiary/aromatic N) is 1. The Bertz CT molecular complexity index is 1720. The largest absolute Gasteiger partial charge is 0.512 e. The molecule has 0 amide bonds. The van der Waals surface area contributed by atoms with Crippen molar-refractivity contribution in [1.82, 2.24) is 4.98 Å². The molecule has 2 heterocycles. The van der Waals surface area contributed by atoms with Gasteiger partial charge in [-0.2, -0.15) is 0 Å². The maximum atomic E-state index is 14.3. The number of allylic oxidation sites excluding steroid dienone is 2. The monoisotopic (exact) mass is 775 g/mol. The summed E-state index contributed by atoms with van der Waals surface area (Å²) in [5.74, 6) is 0.762. The molecule has 0 atom stereocenters. The summed E-state index contributed by atoms with van der Waals surface area (Å²) in [7, 11) is 0. The number of carbonyl (C=O) groups is 1. The van der Waals surface area contributed by atoms with Gasteiger partial charge in [-0.25, -0.2) is 4.39 Å². The number of pyridine rings is 1. The quantitative estimate of drug-likeness (QED) is 0.0922. The van der Waals surface area contributed by atoms with Crippen LogP contribution in [-0.2, 0) is 24.9 Å². The van der Waals surface area contributed by atoms with E-state index in [4.69, 9.17) is 0 Å². The molecule has 0 aliphatic heterocycles. The fraction of sp³-hybridized carbons (Fsp3) is 0.351. The first kappa shape index (κ1) is 34.6. The topological polar surface area (TPSA) is 50.2 Å². The van der Waals surface area contributed by atoms with Gasteiger partial charge in [0.05, 0.1) is 10.5 Å². The van der Waals surface area contributed by atoms with Crippen LogP contribution in [-0.4, -0.2) is 15.9 Å². The van der Waals surface area contributed by atoms with Crippen molar-refractivity contribution in [2.75, 3.05) is 0 Å². The van der Waals surface area contributed by atoms with Crippen molar-refractivity contribution in [3.05, 3.63) is 90.1 Å². The number of benzene rings is 3. The minimum atomic E-state index is -0.176. The standard InChI is InChI=1S/C24H17FNS.C13H24O2.Ir/c1-14(2)20-13-16(12-15-6-3-4-7-17(15)20)22-24-19(10-11-26-22)18-8-5-9-21(25)23(18)27-24;1-5-10(6-2)12(14)9-13(15)11(7-3)8-4;/h3-11,13-14H,1-2H3;9-11,14H,5-8H2,1-4H3;/q-1;;/b;12-9-;. The zero-order chi connectivity index (χ0) is 30.4. The van der Waals surface area contributed by atoms with Gasteiger partial charge in [-0.15, -0.1) is 40.5 Å². The van der Waals surface area contributed by atoms with Crippen LogP contribution in [0.25, 0.3) is 42.2 Å². The average molecular weight is 775 g/mol. The van der Waals surface area contributed by atoms with Gasteiger partial charge in [0, 0.05) is 60.0 Å². The van der Waals surface area contributed by atoms with Gasteiger partial charge in [0.15, 0.2) is 5.78 Å². The summed E-state index contributed by atoms with van der Waals surface area (Å²) in [4.78, 5) is 16.4. The van der Waals surface area contributed by atoms with E-state index in [0.717, 1.165) is 57.8 Å². The first-order chi connectivity index (χ1) is 20.2. The molecule has 0 saturated carbocycles. The Morgan fingerprint density at radius 2 is 1.53 bits per heavy atom. The number of rotatable bonds is 9. The molecule has 3 nitrogen and oxygen atoms in total. The van der Waals surface area contributed by atoms with Crippen LogP contribution in [0.1, 0.15) is 78.7 Å². The number of hydrogen-bond donors (Lipinski definition) is 1. The van der Waals surface area contributed by atoms with Gasteiger partial charge in [-0.3, -0.25) is 9.78 Å². The van der Waals surface area contributed by atoms with E-state index in [1.165, 1.54) is 34.4 Å². The maximum Gasteiger partial charge on any atom is 0.162 e. The van der Waals surface area contributed by atoms with Crippen LogP contribution in [0.4, 0.5) is 4.39 Å². The second-order valence-electron chi connectivity index (χ2n) is 11.1. The van der Waals surface area contributed by atoms with Crippen LogP contribution in [0.5, 0.6) is 0 Å². The molecule has 0 spiro atoms. The average Bonchev–Trinajstić information content (AvgIpc) is 3.38. The maximum absolute atomic E-state index is 14.3. The van der Waals surface area contributed by atoms with E-state index < -0.39 is 0 Å². The predicted octanol–water partition coefficient (Wildman–Crippen LogP) is 11.2. The second kappa shape index (κ2) is 15.7. The summed E-state index contributed by atoms with van der Waals surface area (Å²) in [6.07, 6.45) is 6.72. The Kier molecular flexibility index (Phi) is 12.6. The van der Waals surface area contributed by atoms with E-state index in [1.807, 2.05) is 52.1 Å². The van der Waals surface area contributed by atoms with Crippen molar-refractivity contribution in [3.8, 4) is 11.3 Å². The predicted molar refractivity (Wildman–Crippen MR) is 177 cm³/mol. The third-order valence-electron chi connectivity index (χ3n) is 8.13. The van der Waals surface area contributed by atoms with Gasteiger partial charge in [-0.1, -0.05) is 82.8 Å². The third-order valence-corrected chi connectivity index (χ3v) is 9.37. The summed E-state index contributed by atoms with van der Waals surface area (Å²) >= 11 is 1.47. The Labute approximate surface area is 272 Å². The number of fused-ring (bicyclic) bond motifs is 4. The molecular formula is C37H41FIrNO2S-. The molecular weight excluding hydrogens is 734 g/mol. The molecule has 0 aliphatic carbocycles. The summed E-state index contributed by atoms with van der Waals surface area (Å²) < 4.78 is 16.0. The number of aliphatic hydroxyl groups excluding tert-OH is 1. The summed E-state index contributed by atoms with van der Waals surface area (Å²) in [6, 6.07) is 21.3. The van der Waals surface area contributed by atoms with Gasteiger partial charge in [0.2, 0.25) is 0 Å². The SMILES string of the molecule is CC(C)c1cc(-c2nccc3c2sc2c(F)cccc23)[c-]c2ccccc12.CCC(CC)C(=O)/C=C(\O)C(CC)CC.[Ir]. The van der Waals surface area contributed by atoms with Crippen molar-refractivity contribution >= 4 is 48.1 Å². The van der Waals surface area contributed by atoms with Gasteiger partial charge >= 0.3 is 0 Å². The zero-order valence-corrected chi connectivity index (χ0v) is 29.0. The normalized spacial score (nSPS) is 11.8. The molecule has 43 heavy (non-hydrogen) atoms. The smallest absolute Gasteiger partial charge is 0.162 e. The zero-order valence-electron chi connectivity index (χ0n) is 25.8. The molecule has 6 heteroatoms. The fourth-order valence-electron chi connectivity index (χ4n) is 5.53. The van der Waals surface area contributed by atoms with E-state index >= 15 is 0 Å². The van der Waals surface area contributed by atoms with Crippen molar-refractivity contribution in [2.45, 2.75) is 73.1 Å². The number of ketones is 1.